The predicted molar refractivity (Wildman–Crippen MR) is 91.2 cm³/mol. The van der Waals surface area contributed by atoms with Gasteiger partial charge in [-0.15, -0.1) is 0 Å². The molecular formula is C19H26O6. The zero-order chi connectivity index (χ0) is 18.0. The normalized spacial score (nSPS) is 31.2. The Bertz CT molecular complexity index is 609. The lowest BCUT2D eigenvalue weighted by molar-refractivity contribution is -0.162. The van der Waals surface area contributed by atoms with Gasteiger partial charge in [0, 0.05) is 0 Å². The molecule has 0 bridgehead atoms. The summed E-state index contributed by atoms with van der Waals surface area (Å²) in [5.74, 6) is 0.0261. The van der Waals surface area contributed by atoms with Crippen molar-refractivity contribution in [3.63, 3.8) is 0 Å². The van der Waals surface area contributed by atoms with Gasteiger partial charge in [-0.2, -0.15) is 0 Å². The summed E-state index contributed by atoms with van der Waals surface area (Å²) in [6.07, 6.45) is -0.590. The first-order chi connectivity index (χ1) is 11.9. The Morgan fingerprint density at radius 3 is 2.52 bits per heavy atom. The lowest BCUT2D eigenvalue weighted by atomic mass is 10.0. The molecule has 6 nitrogen and oxygen atoms in total. The summed E-state index contributed by atoms with van der Waals surface area (Å²) in [4.78, 5) is 0. The van der Waals surface area contributed by atoms with Crippen molar-refractivity contribution in [2.45, 2.75) is 57.1 Å². The maximum Gasteiger partial charge on any atom is 0.164 e. The average Bonchev–Trinajstić information content (AvgIpc) is 2.83. The fourth-order valence-corrected chi connectivity index (χ4v) is 3.25. The van der Waals surface area contributed by atoms with Crippen molar-refractivity contribution < 1.29 is 29.2 Å². The molecule has 6 heteroatoms. The highest BCUT2D eigenvalue weighted by molar-refractivity contribution is 5.26. The second-order valence-corrected chi connectivity index (χ2v) is 6.99. The molecule has 1 fully saturated rings. The van der Waals surface area contributed by atoms with E-state index in [0.29, 0.717) is 19.6 Å². The number of aliphatic hydroxyl groups is 2. The van der Waals surface area contributed by atoms with Crippen molar-refractivity contribution in [1.82, 2.24) is 0 Å². The third-order valence-electron chi connectivity index (χ3n) is 4.48. The Morgan fingerprint density at radius 2 is 1.84 bits per heavy atom. The van der Waals surface area contributed by atoms with Crippen LogP contribution in [-0.4, -0.2) is 54.1 Å². The highest BCUT2D eigenvalue weighted by atomic mass is 16.8. The molecule has 138 valence electrons. The van der Waals surface area contributed by atoms with Crippen LogP contribution in [-0.2, 0) is 20.8 Å². The molecule has 25 heavy (non-hydrogen) atoms. The molecule has 1 unspecified atom stereocenters. The van der Waals surface area contributed by atoms with E-state index < -0.39 is 24.1 Å². The molecule has 0 saturated carbocycles. The minimum absolute atomic E-state index is 0.337. The number of fused-ring (bicyclic) bond motifs is 1. The van der Waals surface area contributed by atoms with Crippen LogP contribution in [0.15, 0.2) is 35.9 Å². The summed E-state index contributed by atoms with van der Waals surface area (Å²) in [7, 11) is 1.63. The van der Waals surface area contributed by atoms with Crippen molar-refractivity contribution in [3.8, 4) is 5.75 Å². The summed E-state index contributed by atoms with van der Waals surface area (Å²) in [5.41, 5.74) is 1.93. The summed E-state index contributed by atoms with van der Waals surface area (Å²) in [6.45, 7) is 4.42. The maximum absolute atomic E-state index is 10.3. The zero-order valence-electron chi connectivity index (χ0n) is 14.8. The second-order valence-electron chi connectivity index (χ2n) is 6.99. The largest absolute Gasteiger partial charge is 0.497 e. The number of aliphatic hydroxyl groups excluding tert-OH is 2. The van der Waals surface area contributed by atoms with Gasteiger partial charge in [0.15, 0.2) is 5.79 Å². The van der Waals surface area contributed by atoms with Crippen LogP contribution < -0.4 is 4.74 Å². The smallest absolute Gasteiger partial charge is 0.164 e. The van der Waals surface area contributed by atoms with Crippen molar-refractivity contribution in [2.24, 2.45) is 0 Å². The fraction of sp³-hybridized carbons (Fsp3) is 0.579. The molecule has 1 aromatic carbocycles. The molecule has 1 aliphatic carbocycles. The lowest BCUT2D eigenvalue weighted by Crippen LogP contribution is -2.41. The summed E-state index contributed by atoms with van der Waals surface area (Å²) >= 11 is 0. The molecule has 0 amide bonds. The van der Waals surface area contributed by atoms with Crippen LogP contribution in [0.25, 0.3) is 0 Å². The molecule has 2 aliphatic rings. The Morgan fingerprint density at radius 1 is 1.12 bits per heavy atom. The fourth-order valence-electron chi connectivity index (χ4n) is 3.25. The second kappa shape index (κ2) is 7.43. The van der Waals surface area contributed by atoms with Crippen LogP contribution >= 0.6 is 0 Å². The molecule has 0 radical (unpaired) electrons. The molecule has 1 heterocycles. The van der Waals surface area contributed by atoms with E-state index in [1.54, 1.807) is 21.0 Å². The van der Waals surface area contributed by atoms with E-state index in [1.807, 2.05) is 30.3 Å². The van der Waals surface area contributed by atoms with Crippen molar-refractivity contribution in [3.05, 3.63) is 41.5 Å². The monoisotopic (exact) mass is 350 g/mol. The first-order valence-corrected chi connectivity index (χ1v) is 8.50. The van der Waals surface area contributed by atoms with Crippen LogP contribution in [0, 0.1) is 0 Å². The standard InChI is InChI=1S/C19H26O6/c1-19(2)24-16-9-13(8-15(20)17(21)18(16)25-19)11-23-10-12-4-6-14(22-3)7-5-12/h4-7,9,15-18,20-21H,8,10-11H2,1-3H3/t15?,16-,17-,18-/m0/s1. The Kier molecular flexibility index (Phi) is 5.46. The van der Waals surface area contributed by atoms with Crippen molar-refractivity contribution in [2.75, 3.05) is 13.7 Å². The van der Waals surface area contributed by atoms with Crippen LogP contribution in [0.3, 0.4) is 0 Å². The molecule has 2 N–H and O–H groups in total. The minimum Gasteiger partial charge on any atom is -0.497 e. The van der Waals surface area contributed by atoms with E-state index in [9.17, 15) is 10.2 Å². The minimum atomic E-state index is -0.984. The first-order valence-electron chi connectivity index (χ1n) is 8.50. The molecule has 3 rings (SSSR count). The highest BCUT2D eigenvalue weighted by Crippen LogP contribution is 2.35. The van der Waals surface area contributed by atoms with E-state index in [-0.39, 0.29) is 6.10 Å². The van der Waals surface area contributed by atoms with Gasteiger partial charge in [0.2, 0.25) is 0 Å². The Balaban J connectivity index is 1.61. The predicted octanol–water partition coefficient (Wildman–Crippen LogP) is 1.78. The van der Waals surface area contributed by atoms with E-state index >= 15 is 0 Å². The van der Waals surface area contributed by atoms with Crippen LogP contribution in [0.4, 0.5) is 0 Å². The topological polar surface area (TPSA) is 77.4 Å². The SMILES string of the molecule is COc1ccc(COCC2=C[C@@H]3OC(C)(C)O[C@@H]3[C@@H](O)C(O)C2)cc1. The molecule has 0 aromatic heterocycles. The molecular weight excluding hydrogens is 324 g/mol. The first kappa shape index (κ1) is 18.4. The van der Waals surface area contributed by atoms with Crippen molar-refractivity contribution >= 4 is 0 Å². The number of ether oxygens (including phenoxy) is 4. The molecule has 4 atom stereocenters. The van der Waals surface area contributed by atoms with E-state index in [0.717, 1.165) is 16.9 Å². The number of methoxy groups -OCH3 is 1. The van der Waals surface area contributed by atoms with Crippen LogP contribution in [0.2, 0.25) is 0 Å². The number of hydrogen-bond acceptors (Lipinski definition) is 6. The zero-order valence-corrected chi connectivity index (χ0v) is 14.8. The summed E-state index contributed by atoms with van der Waals surface area (Å²) in [5, 5.41) is 20.5. The van der Waals surface area contributed by atoms with E-state index in [1.165, 1.54) is 0 Å². The van der Waals surface area contributed by atoms with Crippen LogP contribution in [0.1, 0.15) is 25.8 Å². The van der Waals surface area contributed by atoms with E-state index in [4.69, 9.17) is 18.9 Å². The number of rotatable bonds is 5. The van der Waals surface area contributed by atoms with Crippen LogP contribution in [0.5, 0.6) is 5.75 Å². The van der Waals surface area contributed by atoms with Gasteiger partial charge in [-0.1, -0.05) is 18.2 Å². The van der Waals surface area contributed by atoms with Gasteiger partial charge in [0.05, 0.1) is 26.4 Å². The van der Waals surface area contributed by atoms with Gasteiger partial charge in [0.25, 0.3) is 0 Å². The third kappa shape index (κ3) is 4.40. The van der Waals surface area contributed by atoms with E-state index in [2.05, 4.69) is 0 Å². The number of benzene rings is 1. The third-order valence-corrected chi connectivity index (χ3v) is 4.48. The molecule has 1 aromatic rings. The molecule has 1 saturated heterocycles. The summed E-state index contributed by atoms with van der Waals surface area (Å²) < 4.78 is 22.5. The number of hydrogen-bond donors (Lipinski definition) is 2. The summed E-state index contributed by atoms with van der Waals surface area (Å²) in [6, 6.07) is 7.68. The van der Waals surface area contributed by atoms with Gasteiger partial charge in [-0.05, 0) is 43.5 Å². The lowest BCUT2D eigenvalue weighted by Gasteiger charge is -2.23. The maximum atomic E-state index is 10.3. The molecule has 1 aliphatic heterocycles. The van der Waals surface area contributed by atoms with Gasteiger partial charge in [-0.25, -0.2) is 0 Å². The van der Waals surface area contributed by atoms with Gasteiger partial charge >= 0.3 is 0 Å². The van der Waals surface area contributed by atoms with Crippen molar-refractivity contribution in [1.29, 1.82) is 0 Å². The van der Waals surface area contributed by atoms with Gasteiger partial charge in [0.1, 0.15) is 24.1 Å². The Hall–Kier alpha value is -1.44. The quantitative estimate of drug-likeness (QED) is 0.789. The Labute approximate surface area is 148 Å². The highest BCUT2D eigenvalue weighted by Gasteiger charge is 2.47. The average molecular weight is 350 g/mol. The van der Waals surface area contributed by atoms with Gasteiger partial charge in [-0.3, -0.25) is 0 Å². The van der Waals surface area contributed by atoms with Gasteiger partial charge < -0.3 is 29.2 Å². The molecule has 0 spiro atoms.